The van der Waals surface area contributed by atoms with Gasteiger partial charge in [0.1, 0.15) is 23.7 Å². The van der Waals surface area contributed by atoms with Gasteiger partial charge in [0.05, 0.1) is 49.2 Å². The summed E-state index contributed by atoms with van der Waals surface area (Å²) in [5.41, 5.74) is 5.85. The number of H-pyrrole nitrogens is 2. The average Bonchev–Trinajstić information content (AvgIpc) is 3.95. The monoisotopic (exact) mass is 692 g/mol. The van der Waals surface area contributed by atoms with Crippen LogP contribution in [0.25, 0.3) is 22.3 Å². The van der Waals surface area contributed by atoms with E-state index < -0.39 is 24.3 Å². The molecule has 51 heavy (non-hydrogen) atoms. The van der Waals surface area contributed by atoms with Crippen molar-refractivity contribution in [3.05, 3.63) is 83.6 Å². The zero-order valence-corrected chi connectivity index (χ0v) is 28.9. The molecule has 4 aromatic rings. The third-order valence-electron chi connectivity index (χ3n) is 9.13. The molecule has 264 valence electrons. The van der Waals surface area contributed by atoms with Crippen LogP contribution in [0.3, 0.4) is 0 Å². The van der Waals surface area contributed by atoms with Gasteiger partial charge in [0, 0.05) is 24.2 Å². The minimum Gasteiger partial charge on any atom is -0.453 e. The van der Waals surface area contributed by atoms with Crippen LogP contribution in [0.4, 0.5) is 9.59 Å². The van der Waals surface area contributed by atoms with E-state index in [-0.39, 0.29) is 23.9 Å². The van der Waals surface area contributed by atoms with Gasteiger partial charge in [-0.15, -0.1) is 0 Å². The Hall–Kier alpha value is -6.10. The SMILES string of the molecule is C=C1C[C@@H](c2ncc(-c3ccc(C#Cc4ccc5nc([C@@H]6CCCN6C(=O)[C@@H](C)NC(=O)OC)[nH]c5c4)cc3)[nH]2)N(C(=O)[C@@H](C)NC(=O)OC)C1. The molecule has 14 nitrogen and oxygen atoms in total. The lowest BCUT2D eigenvalue weighted by atomic mass is 10.1. The molecule has 2 aliphatic rings. The van der Waals surface area contributed by atoms with E-state index in [0.717, 1.165) is 51.8 Å². The molecule has 2 aliphatic heterocycles. The third-order valence-corrected chi connectivity index (χ3v) is 9.13. The maximum atomic E-state index is 13.1. The van der Waals surface area contributed by atoms with Gasteiger partial charge in [-0.1, -0.05) is 36.1 Å². The Morgan fingerprint density at radius 2 is 1.53 bits per heavy atom. The van der Waals surface area contributed by atoms with Crippen LogP contribution in [0, 0.1) is 11.8 Å². The lowest BCUT2D eigenvalue weighted by Crippen LogP contribution is -2.46. The van der Waals surface area contributed by atoms with Crippen molar-refractivity contribution in [2.75, 3.05) is 27.3 Å². The summed E-state index contributed by atoms with van der Waals surface area (Å²) in [6.07, 6.45) is 2.59. The molecule has 4 atom stereocenters. The molecule has 2 aromatic carbocycles. The quantitative estimate of drug-likeness (QED) is 0.164. The van der Waals surface area contributed by atoms with E-state index in [4.69, 9.17) is 4.98 Å². The minimum atomic E-state index is -0.763. The first-order chi connectivity index (χ1) is 24.5. The van der Waals surface area contributed by atoms with Crippen molar-refractivity contribution in [2.45, 2.75) is 57.3 Å². The fourth-order valence-electron chi connectivity index (χ4n) is 6.48. The van der Waals surface area contributed by atoms with Crippen LogP contribution < -0.4 is 10.6 Å². The highest BCUT2D eigenvalue weighted by Gasteiger charge is 2.37. The molecule has 4 amide bonds. The number of alkyl carbamates (subject to hydrolysis) is 2. The number of hydrogen-bond donors (Lipinski definition) is 4. The molecule has 4 heterocycles. The van der Waals surface area contributed by atoms with Crippen LogP contribution in [-0.4, -0.2) is 93.1 Å². The van der Waals surface area contributed by atoms with E-state index in [2.05, 4.69) is 53.5 Å². The number of likely N-dealkylation sites (tertiary alicyclic amines) is 2. The molecule has 2 fully saturated rings. The normalized spacial score (nSPS) is 18.2. The number of carbonyl (C=O) groups is 4. The highest BCUT2D eigenvalue weighted by molar-refractivity contribution is 5.87. The third kappa shape index (κ3) is 7.57. The number of rotatable bonds is 7. The lowest BCUT2D eigenvalue weighted by Gasteiger charge is -2.26. The van der Waals surface area contributed by atoms with Crippen molar-refractivity contribution in [2.24, 2.45) is 0 Å². The Morgan fingerprint density at radius 3 is 2.22 bits per heavy atom. The second kappa shape index (κ2) is 14.8. The largest absolute Gasteiger partial charge is 0.453 e. The molecular formula is C37H40N8O6. The molecule has 4 N–H and O–H groups in total. The summed E-state index contributed by atoms with van der Waals surface area (Å²) in [6.45, 7) is 8.30. The first-order valence-electron chi connectivity index (χ1n) is 16.7. The topological polar surface area (TPSA) is 175 Å². The summed E-state index contributed by atoms with van der Waals surface area (Å²) < 4.78 is 9.27. The molecular weight excluding hydrogens is 652 g/mol. The van der Waals surface area contributed by atoms with E-state index in [1.54, 1.807) is 29.8 Å². The second-order valence-corrected chi connectivity index (χ2v) is 12.7. The van der Waals surface area contributed by atoms with Crippen LogP contribution in [0.2, 0.25) is 0 Å². The van der Waals surface area contributed by atoms with Crippen LogP contribution in [0.15, 0.2) is 60.8 Å². The second-order valence-electron chi connectivity index (χ2n) is 12.7. The van der Waals surface area contributed by atoms with Gasteiger partial charge < -0.3 is 39.9 Å². The molecule has 14 heteroatoms. The number of hydrogen-bond acceptors (Lipinski definition) is 8. The number of benzene rings is 2. The van der Waals surface area contributed by atoms with Crippen LogP contribution in [0.5, 0.6) is 0 Å². The number of carbonyl (C=O) groups excluding carboxylic acids is 4. The summed E-state index contributed by atoms with van der Waals surface area (Å²) >= 11 is 0. The van der Waals surface area contributed by atoms with Crippen molar-refractivity contribution >= 4 is 35.0 Å². The summed E-state index contributed by atoms with van der Waals surface area (Å²) in [5.74, 6) is 7.36. The molecule has 0 aliphatic carbocycles. The zero-order chi connectivity index (χ0) is 36.2. The lowest BCUT2D eigenvalue weighted by molar-refractivity contribution is -0.134. The predicted octanol–water partition coefficient (Wildman–Crippen LogP) is 4.33. The van der Waals surface area contributed by atoms with Crippen LogP contribution in [-0.2, 0) is 19.1 Å². The van der Waals surface area contributed by atoms with Gasteiger partial charge in [-0.2, -0.15) is 0 Å². The van der Waals surface area contributed by atoms with Gasteiger partial charge in [0.2, 0.25) is 11.8 Å². The molecule has 0 saturated carbocycles. The number of aromatic nitrogens is 4. The Morgan fingerprint density at radius 1 is 0.882 bits per heavy atom. The van der Waals surface area contributed by atoms with E-state index in [1.165, 1.54) is 14.2 Å². The van der Waals surface area contributed by atoms with Gasteiger partial charge in [-0.3, -0.25) is 9.59 Å². The maximum Gasteiger partial charge on any atom is 0.407 e. The molecule has 0 spiro atoms. The highest BCUT2D eigenvalue weighted by atomic mass is 16.5. The van der Waals surface area contributed by atoms with Crippen molar-refractivity contribution < 1.29 is 28.7 Å². The number of methoxy groups -OCH3 is 2. The Balaban J connectivity index is 1.12. The summed E-state index contributed by atoms with van der Waals surface area (Å²) in [5, 5.41) is 5.08. The zero-order valence-electron chi connectivity index (χ0n) is 28.9. The van der Waals surface area contributed by atoms with Crippen LogP contribution in [0.1, 0.15) is 68.0 Å². The predicted molar refractivity (Wildman–Crippen MR) is 188 cm³/mol. The number of fused-ring (bicyclic) bond motifs is 1. The fraction of sp³-hybridized carbons (Fsp3) is 0.351. The maximum absolute atomic E-state index is 13.1. The summed E-state index contributed by atoms with van der Waals surface area (Å²) in [6, 6.07) is 11.5. The van der Waals surface area contributed by atoms with Crippen molar-refractivity contribution in [1.29, 1.82) is 0 Å². The van der Waals surface area contributed by atoms with E-state index in [1.807, 2.05) is 42.5 Å². The Bertz CT molecular complexity index is 2040. The molecule has 0 bridgehead atoms. The number of nitrogens with one attached hydrogen (secondary N) is 4. The van der Waals surface area contributed by atoms with Crippen molar-refractivity contribution in [3.8, 4) is 23.1 Å². The van der Waals surface area contributed by atoms with E-state index in [0.29, 0.717) is 31.2 Å². The number of nitrogens with zero attached hydrogens (tertiary/aromatic N) is 4. The number of amides is 4. The smallest absolute Gasteiger partial charge is 0.407 e. The first-order valence-corrected chi connectivity index (χ1v) is 16.7. The van der Waals surface area contributed by atoms with Gasteiger partial charge in [0.25, 0.3) is 0 Å². The van der Waals surface area contributed by atoms with E-state index >= 15 is 0 Å². The van der Waals surface area contributed by atoms with Crippen LogP contribution >= 0.6 is 0 Å². The molecule has 6 rings (SSSR count). The van der Waals surface area contributed by atoms with Gasteiger partial charge >= 0.3 is 12.2 Å². The minimum absolute atomic E-state index is 0.186. The highest BCUT2D eigenvalue weighted by Crippen LogP contribution is 2.35. The Kier molecular flexibility index (Phi) is 10.1. The fourth-order valence-corrected chi connectivity index (χ4v) is 6.48. The molecule has 2 aromatic heterocycles. The standard InChI is InChI=1S/C37H40N8O6/c1-21-17-31(45(20-21)35(47)23(3)40-37(49)51-5)32-38-19-29(43-32)26-13-10-24(11-14-26)8-9-25-12-15-27-28(18-25)42-33(41-27)30-7-6-16-44(30)34(46)22(2)39-36(48)50-4/h10-15,18-19,22-23,30-31H,1,6-7,16-17,20H2,2-5H3,(H,38,43)(H,39,48)(H,40,49)(H,41,42)/t22-,23-,30+,31+/m1/s1. The van der Waals surface area contributed by atoms with Gasteiger partial charge in [0.15, 0.2) is 0 Å². The summed E-state index contributed by atoms with van der Waals surface area (Å²) in [7, 11) is 2.52. The molecule has 0 unspecified atom stereocenters. The summed E-state index contributed by atoms with van der Waals surface area (Å²) in [4.78, 5) is 69.0. The first kappa shape index (κ1) is 34.8. The van der Waals surface area contributed by atoms with Crippen molar-refractivity contribution in [1.82, 2.24) is 40.4 Å². The number of ether oxygens (including phenoxy) is 2. The van der Waals surface area contributed by atoms with Gasteiger partial charge in [-0.25, -0.2) is 19.6 Å². The molecule has 0 radical (unpaired) electrons. The van der Waals surface area contributed by atoms with Gasteiger partial charge in [-0.05, 0) is 69.0 Å². The van der Waals surface area contributed by atoms with E-state index in [9.17, 15) is 19.2 Å². The number of aromatic amines is 2. The van der Waals surface area contributed by atoms with Crippen molar-refractivity contribution in [3.63, 3.8) is 0 Å². The number of imidazole rings is 2. The molecule has 2 saturated heterocycles. The Labute approximate surface area is 295 Å². The average molecular weight is 693 g/mol.